The van der Waals surface area contributed by atoms with Gasteiger partial charge in [-0.1, -0.05) is 13.3 Å². The van der Waals surface area contributed by atoms with Gasteiger partial charge in [0.2, 0.25) is 0 Å². The molecule has 2 aromatic heterocycles. The van der Waals surface area contributed by atoms with Crippen LogP contribution in [0.4, 0.5) is 5.82 Å². The van der Waals surface area contributed by atoms with Crippen molar-refractivity contribution in [1.82, 2.24) is 15.0 Å². The molecule has 0 aliphatic heterocycles. The van der Waals surface area contributed by atoms with E-state index < -0.39 is 0 Å². The van der Waals surface area contributed by atoms with Crippen LogP contribution in [0.1, 0.15) is 19.0 Å². The number of halogens is 1. The van der Waals surface area contributed by atoms with Gasteiger partial charge in [0.1, 0.15) is 11.5 Å². The monoisotopic (exact) mass is 346 g/mol. The van der Waals surface area contributed by atoms with Gasteiger partial charge in [-0.25, -0.2) is 15.0 Å². The molecule has 2 aromatic rings. The topological polar surface area (TPSA) is 64.7 Å². The minimum atomic E-state index is 0.544. The summed E-state index contributed by atoms with van der Waals surface area (Å²) < 4.78 is 0.957. The lowest BCUT2D eigenvalue weighted by Gasteiger charge is -2.06. The molecule has 0 bridgehead atoms. The minimum absolute atomic E-state index is 0.544. The SMILES string of the molecule is CCCc1nc(-c2cscn2)nc(N)c1I. The average molecular weight is 346 g/mol. The van der Waals surface area contributed by atoms with Crippen LogP contribution in [-0.4, -0.2) is 15.0 Å². The molecule has 0 amide bonds. The molecule has 2 N–H and O–H groups in total. The Balaban J connectivity index is 2.48. The van der Waals surface area contributed by atoms with E-state index in [0.29, 0.717) is 11.6 Å². The molecule has 0 aliphatic carbocycles. The average Bonchev–Trinajstić information content (AvgIpc) is 2.78. The maximum Gasteiger partial charge on any atom is 0.181 e. The standard InChI is InChI=1S/C10H11IN4S/c1-2-3-6-8(11)9(12)15-10(14-6)7-4-16-5-13-7/h4-5H,2-3H2,1H3,(H2,12,14,15). The van der Waals surface area contributed by atoms with E-state index in [-0.39, 0.29) is 0 Å². The van der Waals surface area contributed by atoms with E-state index in [4.69, 9.17) is 5.73 Å². The first kappa shape index (κ1) is 11.7. The molecule has 16 heavy (non-hydrogen) atoms. The van der Waals surface area contributed by atoms with Crippen LogP contribution in [0.2, 0.25) is 0 Å². The molecule has 84 valence electrons. The summed E-state index contributed by atoms with van der Waals surface area (Å²) in [7, 11) is 0. The number of nitrogens with two attached hydrogens (primary N) is 1. The van der Waals surface area contributed by atoms with E-state index in [1.54, 1.807) is 5.51 Å². The van der Waals surface area contributed by atoms with Crippen LogP contribution in [0.15, 0.2) is 10.9 Å². The second kappa shape index (κ2) is 5.05. The Labute approximate surface area is 111 Å². The van der Waals surface area contributed by atoms with Crippen LogP contribution in [0, 0.1) is 3.57 Å². The quantitative estimate of drug-likeness (QED) is 0.868. The van der Waals surface area contributed by atoms with Crippen molar-refractivity contribution in [3.05, 3.63) is 20.2 Å². The van der Waals surface area contributed by atoms with Crippen LogP contribution in [-0.2, 0) is 6.42 Å². The zero-order valence-electron chi connectivity index (χ0n) is 8.77. The van der Waals surface area contributed by atoms with E-state index >= 15 is 0 Å². The summed E-state index contributed by atoms with van der Waals surface area (Å²) in [5.74, 6) is 1.17. The van der Waals surface area contributed by atoms with Crippen molar-refractivity contribution < 1.29 is 0 Å². The minimum Gasteiger partial charge on any atom is -0.383 e. The zero-order valence-corrected chi connectivity index (χ0v) is 11.7. The largest absolute Gasteiger partial charge is 0.383 e. The van der Waals surface area contributed by atoms with Crippen molar-refractivity contribution in [3.8, 4) is 11.5 Å². The van der Waals surface area contributed by atoms with Crippen LogP contribution in [0.25, 0.3) is 11.5 Å². The third-order valence-corrected chi connectivity index (χ3v) is 3.86. The summed E-state index contributed by atoms with van der Waals surface area (Å²) in [6, 6.07) is 0. The molecule has 0 radical (unpaired) electrons. The highest BCUT2D eigenvalue weighted by Crippen LogP contribution is 2.22. The lowest BCUT2D eigenvalue weighted by Crippen LogP contribution is -2.05. The number of anilines is 1. The summed E-state index contributed by atoms with van der Waals surface area (Å²) in [4.78, 5) is 13.0. The number of aryl methyl sites for hydroxylation is 1. The van der Waals surface area contributed by atoms with Crippen molar-refractivity contribution in [2.75, 3.05) is 5.73 Å². The summed E-state index contributed by atoms with van der Waals surface area (Å²) in [6.07, 6.45) is 1.96. The number of hydrogen-bond donors (Lipinski definition) is 1. The van der Waals surface area contributed by atoms with Gasteiger partial charge in [-0.3, -0.25) is 0 Å². The van der Waals surface area contributed by atoms with Gasteiger partial charge in [0.05, 0.1) is 14.8 Å². The van der Waals surface area contributed by atoms with Crippen LogP contribution in [0.3, 0.4) is 0 Å². The molecule has 0 saturated carbocycles. The molecular formula is C10H11IN4S. The molecule has 0 fully saturated rings. The van der Waals surface area contributed by atoms with Crippen molar-refractivity contribution in [2.24, 2.45) is 0 Å². The first-order valence-electron chi connectivity index (χ1n) is 4.92. The Hall–Kier alpha value is -0.760. The fourth-order valence-corrected chi connectivity index (χ4v) is 2.39. The zero-order chi connectivity index (χ0) is 11.5. The molecule has 6 heteroatoms. The second-order valence-electron chi connectivity index (χ2n) is 3.32. The van der Waals surface area contributed by atoms with Crippen molar-refractivity contribution in [3.63, 3.8) is 0 Å². The van der Waals surface area contributed by atoms with Gasteiger partial charge < -0.3 is 5.73 Å². The molecule has 4 nitrogen and oxygen atoms in total. The molecule has 0 atom stereocenters. The Bertz CT molecular complexity index is 484. The lowest BCUT2D eigenvalue weighted by molar-refractivity contribution is 0.868. The summed E-state index contributed by atoms with van der Waals surface area (Å²) >= 11 is 3.72. The Morgan fingerprint density at radius 3 is 2.88 bits per heavy atom. The summed E-state index contributed by atoms with van der Waals surface area (Å²) in [5, 5.41) is 1.93. The van der Waals surface area contributed by atoms with Crippen molar-refractivity contribution in [1.29, 1.82) is 0 Å². The molecule has 0 aromatic carbocycles. The number of hydrogen-bond acceptors (Lipinski definition) is 5. The molecular weight excluding hydrogens is 335 g/mol. The van der Waals surface area contributed by atoms with Crippen LogP contribution in [0.5, 0.6) is 0 Å². The van der Waals surface area contributed by atoms with E-state index in [2.05, 4.69) is 44.5 Å². The van der Waals surface area contributed by atoms with Gasteiger partial charge in [0.25, 0.3) is 0 Å². The van der Waals surface area contributed by atoms with Gasteiger partial charge in [-0.2, -0.15) is 0 Å². The number of nitrogens with zero attached hydrogens (tertiary/aromatic N) is 3. The van der Waals surface area contributed by atoms with Gasteiger partial charge in [0, 0.05) is 5.38 Å². The predicted octanol–water partition coefficient (Wildman–Crippen LogP) is 2.74. The normalized spacial score (nSPS) is 10.6. The number of aromatic nitrogens is 3. The Kier molecular flexibility index (Phi) is 3.70. The van der Waals surface area contributed by atoms with E-state index in [1.165, 1.54) is 11.3 Å². The highest BCUT2D eigenvalue weighted by Gasteiger charge is 2.11. The van der Waals surface area contributed by atoms with Gasteiger partial charge in [-0.05, 0) is 29.0 Å². The summed E-state index contributed by atoms with van der Waals surface area (Å²) in [5.41, 5.74) is 9.45. The molecule has 0 spiro atoms. The lowest BCUT2D eigenvalue weighted by atomic mass is 10.2. The Morgan fingerprint density at radius 1 is 1.44 bits per heavy atom. The molecule has 2 heterocycles. The maximum atomic E-state index is 5.87. The number of rotatable bonds is 3. The molecule has 0 unspecified atom stereocenters. The number of thiazole rings is 1. The van der Waals surface area contributed by atoms with Crippen LogP contribution < -0.4 is 5.73 Å². The van der Waals surface area contributed by atoms with Gasteiger partial charge in [-0.15, -0.1) is 11.3 Å². The third kappa shape index (κ3) is 2.32. The maximum absolute atomic E-state index is 5.87. The van der Waals surface area contributed by atoms with E-state index in [9.17, 15) is 0 Å². The van der Waals surface area contributed by atoms with Crippen LogP contribution >= 0.6 is 33.9 Å². The van der Waals surface area contributed by atoms with Crippen molar-refractivity contribution in [2.45, 2.75) is 19.8 Å². The molecule has 0 saturated heterocycles. The van der Waals surface area contributed by atoms with E-state index in [1.807, 2.05) is 5.38 Å². The van der Waals surface area contributed by atoms with Gasteiger partial charge in [0.15, 0.2) is 5.82 Å². The predicted molar refractivity (Wildman–Crippen MR) is 74.3 cm³/mol. The highest BCUT2D eigenvalue weighted by molar-refractivity contribution is 14.1. The third-order valence-electron chi connectivity index (χ3n) is 2.09. The smallest absolute Gasteiger partial charge is 0.181 e. The highest BCUT2D eigenvalue weighted by atomic mass is 127. The molecule has 0 aliphatic rings. The summed E-state index contributed by atoms with van der Waals surface area (Å²) in [6.45, 7) is 2.12. The Morgan fingerprint density at radius 2 is 2.25 bits per heavy atom. The van der Waals surface area contributed by atoms with E-state index in [0.717, 1.165) is 27.8 Å². The fraction of sp³-hybridized carbons (Fsp3) is 0.300. The molecule has 2 rings (SSSR count). The first-order valence-corrected chi connectivity index (χ1v) is 6.95. The van der Waals surface area contributed by atoms with Gasteiger partial charge >= 0.3 is 0 Å². The van der Waals surface area contributed by atoms with Crippen molar-refractivity contribution >= 4 is 39.7 Å². The first-order chi connectivity index (χ1) is 7.72. The number of nitrogen functional groups attached to an aromatic ring is 1. The fourth-order valence-electron chi connectivity index (χ4n) is 1.35. The second-order valence-corrected chi connectivity index (χ2v) is 5.11.